The van der Waals surface area contributed by atoms with Crippen LogP contribution in [0.15, 0.2) is 29.2 Å². The summed E-state index contributed by atoms with van der Waals surface area (Å²) in [4.78, 5) is 12.0. The summed E-state index contributed by atoms with van der Waals surface area (Å²) in [6.07, 6.45) is 3.21. The normalized spacial score (nSPS) is 16.8. The van der Waals surface area contributed by atoms with Crippen molar-refractivity contribution in [3.05, 3.63) is 52.3 Å². The van der Waals surface area contributed by atoms with E-state index in [1.807, 2.05) is 42.4 Å². The van der Waals surface area contributed by atoms with Gasteiger partial charge in [-0.15, -0.1) is 0 Å². The van der Waals surface area contributed by atoms with Crippen molar-refractivity contribution in [2.45, 2.75) is 51.0 Å². The molecule has 29 heavy (non-hydrogen) atoms. The van der Waals surface area contributed by atoms with Gasteiger partial charge in [-0.1, -0.05) is 12.1 Å². The first-order chi connectivity index (χ1) is 13.8. The summed E-state index contributed by atoms with van der Waals surface area (Å²) < 4.78 is 16.9. The molecular weight excluding hydrogens is 388 g/mol. The van der Waals surface area contributed by atoms with Crippen LogP contribution in [0.25, 0.3) is 0 Å². The number of rotatable bonds is 8. The molecule has 6 nitrogen and oxygen atoms in total. The fourth-order valence-corrected chi connectivity index (χ4v) is 5.92. The standard InChI is InChI=1S/C22H30N2O4S/c1-16-20(17(2)24(15-22(26)27)21(16)10-13-25)14-18-6-8-19(9-7-18)29(3,28)23-11-4-5-12-23/h6-9,25H,3-5,10-15H2,1-2H3,(H,26,27). The Balaban J connectivity index is 1.87. The molecular formula is C22H30N2O4S. The lowest BCUT2D eigenvalue weighted by atomic mass is 10.0. The third-order valence-electron chi connectivity index (χ3n) is 5.85. The van der Waals surface area contributed by atoms with Crippen LogP contribution in [0.4, 0.5) is 0 Å². The molecule has 0 aliphatic carbocycles. The van der Waals surface area contributed by atoms with E-state index in [2.05, 4.69) is 5.87 Å². The first kappa shape index (κ1) is 21.6. The third kappa shape index (κ3) is 4.42. The smallest absolute Gasteiger partial charge is 0.323 e. The van der Waals surface area contributed by atoms with E-state index in [1.165, 1.54) is 0 Å². The number of carbonyl (C=O) groups is 1. The van der Waals surface area contributed by atoms with Gasteiger partial charge in [-0.3, -0.25) is 4.79 Å². The van der Waals surface area contributed by atoms with Crippen LogP contribution in [0.1, 0.15) is 40.9 Å². The van der Waals surface area contributed by atoms with Crippen molar-refractivity contribution in [1.29, 1.82) is 0 Å². The van der Waals surface area contributed by atoms with E-state index in [0.717, 1.165) is 58.9 Å². The molecule has 1 aromatic carbocycles. The summed E-state index contributed by atoms with van der Waals surface area (Å²) in [6, 6.07) is 7.76. The summed E-state index contributed by atoms with van der Waals surface area (Å²) >= 11 is 0. The van der Waals surface area contributed by atoms with Gasteiger partial charge in [0.1, 0.15) is 6.54 Å². The molecule has 0 radical (unpaired) electrons. The van der Waals surface area contributed by atoms with E-state index in [1.54, 1.807) is 4.57 Å². The van der Waals surface area contributed by atoms with Crippen LogP contribution in [-0.4, -0.2) is 54.8 Å². The number of aliphatic hydroxyl groups is 1. The van der Waals surface area contributed by atoms with Gasteiger partial charge in [0.2, 0.25) is 0 Å². The minimum absolute atomic E-state index is 0.0214. The molecule has 2 N–H and O–H groups in total. The zero-order valence-corrected chi connectivity index (χ0v) is 18.0. The van der Waals surface area contributed by atoms with Gasteiger partial charge in [0.15, 0.2) is 0 Å². The Morgan fingerprint density at radius 1 is 1.17 bits per heavy atom. The number of carboxylic acid groups (broad SMARTS) is 1. The molecule has 0 spiro atoms. The highest BCUT2D eigenvalue weighted by molar-refractivity contribution is 7.98. The van der Waals surface area contributed by atoms with Crippen molar-refractivity contribution in [3.8, 4) is 0 Å². The Bertz CT molecular complexity index is 985. The van der Waals surface area contributed by atoms with Gasteiger partial charge in [0.05, 0.1) is 9.71 Å². The maximum Gasteiger partial charge on any atom is 0.323 e. The molecule has 1 unspecified atom stereocenters. The largest absolute Gasteiger partial charge is 0.480 e. The Labute approximate surface area is 172 Å². The predicted octanol–water partition coefficient (Wildman–Crippen LogP) is 2.40. The molecule has 158 valence electrons. The van der Waals surface area contributed by atoms with Crippen LogP contribution < -0.4 is 0 Å². The molecule has 3 rings (SSSR count). The molecule has 1 aliphatic heterocycles. The fourth-order valence-electron chi connectivity index (χ4n) is 4.21. The molecule has 1 saturated heterocycles. The molecule has 0 amide bonds. The van der Waals surface area contributed by atoms with Crippen molar-refractivity contribution in [1.82, 2.24) is 8.87 Å². The Hall–Kier alpha value is -2.09. The lowest BCUT2D eigenvalue weighted by Crippen LogP contribution is -2.27. The van der Waals surface area contributed by atoms with E-state index >= 15 is 0 Å². The zero-order chi connectivity index (χ0) is 21.2. The Morgan fingerprint density at radius 3 is 2.34 bits per heavy atom. The number of carboxylic acids is 1. The summed E-state index contributed by atoms with van der Waals surface area (Å²) in [6.45, 7) is 5.43. The maximum atomic E-state index is 13.1. The van der Waals surface area contributed by atoms with Gasteiger partial charge >= 0.3 is 5.97 Å². The van der Waals surface area contributed by atoms with E-state index in [9.17, 15) is 19.2 Å². The second kappa shape index (κ2) is 8.73. The monoisotopic (exact) mass is 418 g/mol. The van der Waals surface area contributed by atoms with Crippen molar-refractivity contribution in [2.75, 3.05) is 19.7 Å². The maximum absolute atomic E-state index is 13.1. The first-order valence-electron chi connectivity index (χ1n) is 9.97. The summed E-state index contributed by atoms with van der Waals surface area (Å²) in [5, 5.41) is 18.6. The van der Waals surface area contributed by atoms with Crippen molar-refractivity contribution in [2.24, 2.45) is 0 Å². The minimum atomic E-state index is -2.43. The molecule has 1 aromatic heterocycles. The second-order valence-electron chi connectivity index (χ2n) is 7.69. The number of hydrogen-bond donors (Lipinski definition) is 2. The fraction of sp³-hybridized carbons (Fsp3) is 0.455. The molecule has 0 saturated carbocycles. The topological polar surface area (TPSA) is 82.8 Å². The van der Waals surface area contributed by atoms with Gasteiger partial charge in [0, 0.05) is 42.4 Å². The molecule has 7 heteroatoms. The SMILES string of the molecule is C=S(=O)(c1ccc(Cc2c(C)c(CCO)n(CC(=O)O)c2C)cc1)N1CCCC1. The lowest BCUT2D eigenvalue weighted by molar-refractivity contribution is -0.137. The number of aliphatic hydroxyl groups excluding tert-OH is 1. The molecule has 1 aliphatic rings. The quantitative estimate of drug-likeness (QED) is 0.645. The van der Waals surface area contributed by atoms with E-state index in [0.29, 0.717) is 12.8 Å². The number of aliphatic carboxylic acids is 1. The highest BCUT2D eigenvalue weighted by Gasteiger charge is 2.22. The Morgan fingerprint density at radius 2 is 1.79 bits per heavy atom. The van der Waals surface area contributed by atoms with Crippen LogP contribution in [0.2, 0.25) is 0 Å². The van der Waals surface area contributed by atoms with Gasteiger partial charge in [-0.05, 0) is 67.8 Å². The Kier molecular flexibility index (Phi) is 6.51. The predicted molar refractivity (Wildman–Crippen MR) is 116 cm³/mol. The third-order valence-corrected chi connectivity index (χ3v) is 8.06. The van der Waals surface area contributed by atoms with Crippen LogP contribution in [-0.2, 0) is 33.9 Å². The average molecular weight is 419 g/mol. The summed E-state index contributed by atoms with van der Waals surface area (Å²) in [5.41, 5.74) is 4.96. The van der Waals surface area contributed by atoms with Crippen LogP contribution in [0, 0.1) is 13.8 Å². The molecule has 2 heterocycles. The molecule has 1 fully saturated rings. The van der Waals surface area contributed by atoms with Gasteiger partial charge in [0.25, 0.3) is 0 Å². The van der Waals surface area contributed by atoms with Gasteiger partial charge in [-0.25, -0.2) is 8.51 Å². The van der Waals surface area contributed by atoms with Crippen LogP contribution in [0.5, 0.6) is 0 Å². The first-order valence-corrected chi connectivity index (χ1v) is 11.7. The van der Waals surface area contributed by atoms with Crippen LogP contribution >= 0.6 is 0 Å². The number of hydrogen-bond acceptors (Lipinski definition) is 3. The van der Waals surface area contributed by atoms with E-state index < -0.39 is 15.7 Å². The van der Waals surface area contributed by atoms with Gasteiger partial charge in [-0.2, -0.15) is 0 Å². The van der Waals surface area contributed by atoms with E-state index in [-0.39, 0.29) is 13.2 Å². The van der Waals surface area contributed by atoms with Crippen molar-refractivity contribution in [3.63, 3.8) is 0 Å². The van der Waals surface area contributed by atoms with Crippen LogP contribution in [0.3, 0.4) is 0 Å². The zero-order valence-electron chi connectivity index (χ0n) is 17.2. The average Bonchev–Trinajstić information content (AvgIpc) is 3.29. The number of benzene rings is 1. The van der Waals surface area contributed by atoms with Crippen molar-refractivity contribution < 1.29 is 19.2 Å². The number of aromatic nitrogens is 1. The number of nitrogens with zero attached hydrogens (tertiary/aromatic N) is 2. The highest BCUT2D eigenvalue weighted by Crippen LogP contribution is 2.27. The van der Waals surface area contributed by atoms with Crippen molar-refractivity contribution >= 4 is 21.5 Å². The van der Waals surface area contributed by atoms with E-state index in [4.69, 9.17) is 0 Å². The minimum Gasteiger partial charge on any atom is -0.480 e. The lowest BCUT2D eigenvalue weighted by Gasteiger charge is -2.21. The molecule has 0 bridgehead atoms. The molecule has 1 atom stereocenters. The molecule has 2 aromatic rings. The van der Waals surface area contributed by atoms with Gasteiger partial charge < -0.3 is 14.8 Å². The second-order valence-corrected chi connectivity index (χ2v) is 9.96. The summed E-state index contributed by atoms with van der Waals surface area (Å²) in [5.74, 6) is 3.10. The summed E-state index contributed by atoms with van der Waals surface area (Å²) in [7, 11) is -2.43. The highest BCUT2D eigenvalue weighted by atomic mass is 32.2.